The second kappa shape index (κ2) is 11.6. The van der Waals surface area contributed by atoms with Crippen molar-refractivity contribution in [2.45, 2.75) is 6.54 Å². The highest BCUT2D eigenvalue weighted by Gasteiger charge is 2.18. The van der Waals surface area contributed by atoms with Crippen LogP contribution in [0.4, 0.5) is 0 Å². The molecule has 0 radical (unpaired) electrons. The van der Waals surface area contributed by atoms with E-state index in [-0.39, 0.29) is 12.6 Å². The molecule has 0 amide bonds. The molecule has 0 saturated carbocycles. The minimum Gasteiger partial charge on any atom is -0.459 e. The number of benzene rings is 2. The summed E-state index contributed by atoms with van der Waals surface area (Å²) in [4.78, 5) is 15.1. The maximum absolute atomic E-state index is 13.1. The molecule has 0 N–H and O–H groups in total. The van der Waals surface area contributed by atoms with Gasteiger partial charge in [0.2, 0.25) is 0 Å². The van der Waals surface area contributed by atoms with E-state index in [1.54, 1.807) is 0 Å². The number of para-hydroxylation sites is 1. The molecule has 0 bridgehead atoms. The average Bonchev–Trinajstić information content (AvgIpc) is 3.66. The number of carbonyl (C=O) groups excluding carboxylic acids is 1. The van der Waals surface area contributed by atoms with Crippen LogP contribution in [0.5, 0.6) is 0 Å². The summed E-state index contributed by atoms with van der Waals surface area (Å²) in [6, 6.07) is 27.9. The van der Waals surface area contributed by atoms with Gasteiger partial charge in [0.1, 0.15) is 12.3 Å². The van der Waals surface area contributed by atoms with Crippen LogP contribution in [-0.2, 0) is 11.3 Å². The molecule has 0 unspecified atom stereocenters. The minimum absolute atomic E-state index is 0.252. The number of rotatable bonds is 8. The zero-order chi connectivity index (χ0) is 23.8. The maximum atomic E-state index is 13.1. The van der Waals surface area contributed by atoms with Gasteiger partial charge in [0.15, 0.2) is 0 Å². The van der Waals surface area contributed by atoms with E-state index >= 15 is 0 Å². The number of fused-ring (bicyclic) bond motifs is 1. The van der Waals surface area contributed by atoms with Gasteiger partial charge in [-0.3, -0.25) is 9.35 Å². The van der Waals surface area contributed by atoms with Gasteiger partial charge in [0, 0.05) is 42.2 Å². The molecule has 0 saturated heterocycles. The van der Waals surface area contributed by atoms with E-state index in [1.165, 1.54) is 0 Å². The number of alkyl halides is 1. The van der Waals surface area contributed by atoms with Crippen molar-refractivity contribution in [1.29, 1.82) is 0 Å². The SMILES string of the molecule is CI.O=C(OCCN(n1cccc1)n1cccc1)c1cc2ccccc2n1Cc1ccccc1. The average molecular weight is 566 g/mol. The molecule has 6 nitrogen and oxygen atoms in total. The lowest BCUT2D eigenvalue weighted by Crippen LogP contribution is -2.40. The van der Waals surface area contributed by atoms with E-state index in [4.69, 9.17) is 4.74 Å². The van der Waals surface area contributed by atoms with Gasteiger partial charge in [-0.25, -0.2) is 9.91 Å². The molecule has 3 heterocycles. The smallest absolute Gasteiger partial charge is 0.355 e. The molecule has 5 aromatic rings. The number of aromatic nitrogens is 3. The lowest BCUT2D eigenvalue weighted by molar-refractivity contribution is 0.0496. The Kier molecular flexibility index (Phi) is 8.08. The highest BCUT2D eigenvalue weighted by molar-refractivity contribution is 14.1. The standard InChI is InChI=1S/C26H24N4O2.CH3I/c31-26(32-19-18-30(27-14-6-7-15-27)28-16-8-9-17-28)25-20-23-12-4-5-13-24(23)29(25)21-22-10-2-1-3-11-22;1-2/h1-17,20H,18-19,21H2;1H3. The highest BCUT2D eigenvalue weighted by atomic mass is 127. The topological polar surface area (TPSA) is 44.3 Å². The maximum Gasteiger partial charge on any atom is 0.355 e. The normalized spacial score (nSPS) is 10.5. The molecule has 0 aliphatic heterocycles. The molecule has 34 heavy (non-hydrogen) atoms. The van der Waals surface area contributed by atoms with Crippen molar-refractivity contribution in [3.05, 3.63) is 121 Å². The predicted molar refractivity (Wildman–Crippen MR) is 145 cm³/mol. The molecule has 0 fully saturated rings. The number of hydrogen-bond donors (Lipinski definition) is 0. The summed E-state index contributed by atoms with van der Waals surface area (Å²) in [6.45, 7) is 1.37. The van der Waals surface area contributed by atoms with Crippen molar-refractivity contribution < 1.29 is 9.53 Å². The van der Waals surface area contributed by atoms with E-state index in [0.29, 0.717) is 18.8 Å². The van der Waals surface area contributed by atoms with Gasteiger partial charge >= 0.3 is 5.97 Å². The molecule has 0 aliphatic carbocycles. The lowest BCUT2D eigenvalue weighted by Gasteiger charge is -2.26. The third-order valence-corrected chi connectivity index (χ3v) is 5.44. The molecular weight excluding hydrogens is 539 g/mol. The van der Waals surface area contributed by atoms with Crippen molar-refractivity contribution >= 4 is 39.5 Å². The number of hydrogen-bond acceptors (Lipinski definition) is 3. The monoisotopic (exact) mass is 566 g/mol. The zero-order valence-corrected chi connectivity index (χ0v) is 21.2. The second-order valence-electron chi connectivity index (χ2n) is 7.52. The number of carbonyl (C=O) groups is 1. The third-order valence-electron chi connectivity index (χ3n) is 5.44. The first-order valence-corrected chi connectivity index (χ1v) is 13.2. The molecule has 0 spiro atoms. The van der Waals surface area contributed by atoms with Gasteiger partial charge in [-0.1, -0.05) is 71.1 Å². The fourth-order valence-corrected chi connectivity index (χ4v) is 3.92. The van der Waals surface area contributed by atoms with Gasteiger partial charge in [0.25, 0.3) is 0 Å². The van der Waals surface area contributed by atoms with Crippen LogP contribution in [-0.4, -0.2) is 38.0 Å². The van der Waals surface area contributed by atoms with Gasteiger partial charge in [0.05, 0.1) is 6.54 Å². The first kappa shape index (κ1) is 23.7. The van der Waals surface area contributed by atoms with Gasteiger partial charge < -0.3 is 9.30 Å². The van der Waals surface area contributed by atoms with Crippen LogP contribution < -0.4 is 5.12 Å². The Morgan fingerprint density at radius 3 is 2.06 bits per heavy atom. The lowest BCUT2D eigenvalue weighted by atomic mass is 10.2. The van der Waals surface area contributed by atoms with Crippen molar-refractivity contribution in [3.8, 4) is 0 Å². The summed E-state index contributed by atoms with van der Waals surface area (Å²) >= 11 is 2.15. The van der Waals surface area contributed by atoms with Crippen LogP contribution in [0.2, 0.25) is 0 Å². The number of ether oxygens (including phenoxy) is 1. The van der Waals surface area contributed by atoms with Gasteiger partial charge in [-0.05, 0) is 46.9 Å². The molecule has 5 rings (SSSR count). The number of esters is 1. The first-order chi connectivity index (χ1) is 16.8. The summed E-state index contributed by atoms with van der Waals surface area (Å²) < 4.78 is 11.7. The van der Waals surface area contributed by atoms with Crippen LogP contribution in [0.1, 0.15) is 16.1 Å². The molecule has 7 heteroatoms. The van der Waals surface area contributed by atoms with E-state index in [1.807, 2.05) is 122 Å². The van der Waals surface area contributed by atoms with Crippen LogP contribution in [0.25, 0.3) is 10.9 Å². The Morgan fingerprint density at radius 1 is 0.824 bits per heavy atom. The Morgan fingerprint density at radius 2 is 1.41 bits per heavy atom. The van der Waals surface area contributed by atoms with E-state index in [2.05, 4.69) is 34.7 Å². The van der Waals surface area contributed by atoms with Crippen LogP contribution in [0, 0.1) is 0 Å². The highest BCUT2D eigenvalue weighted by Crippen LogP contribution is 2.22. The largest absolute Gasteiger partial charge is 0.459 e. The predicted octanol–water partition coefficient (Wildman–Crippen LogP) is 5.60. The van der Waals surface area contributed by atoms with Gasteiger partial charge in [-0.2, -0.15) is 0 Å². The van der Waals surface area contributed by atoms with Crippen molar-refractivity contribution in [3.63, 3.8) is 0 Å². The summed E-state index contributed by atoms with van der Waals surface area (Å²) in [6.07, 6.45) is 7.83. The van der Waals surface area contributed by atoms with E-state index in [9.17, 15) is 4.79 Å². The summed E-state index contributed by atoms with van der Waals surface area (Å²) in [7, 11) is 0. The Labute approximate surface area is 213 Å². The Hall–Kier alpha value is -3.46. The summed E-state index contributed by atoms with van der Waals surface area (Å²) in [5.74, 6) is -0.322. The van der Waals surface area contributed by atoms with Crippen molar-refractivity contribution in [2.24, 2.45) is 0 Å². The van der Waals surface area contributed by atoms with Crippen LogP contribution in [0.15, 0.2) is 110 Å². The molecule has 3 aromatic heterocycles. The molecular formula is C27H27IN4O2. The quantitative estimate of drug-likeness (QED) is 0.140. The van der Waals surface area contributed by atoms with Crippen molar-refractivity contribution in [2.75, 3.05) is 23.2 Å². The van der Waals surface area contributed by atoms with Gasteiger partial charge in [-0.15, -0.1) is 0 Å². The number of halogens is 1. The second-order valence-corrected chi connectivity index (χ2v) is 7.52. The molecule has 174 valence electrons. The zero-order valence-electron chi connectivity index (χ0n) is 19.0. The number of nitrogens with zero attached hydrogens (tertiary/aromatic N) is 4. The Balaban J connectivity index is 0.00000133. The minimum atomic E-state index is -0.322. The molecule has 0 atom stereocenters. The van der Waals surface area contributed by atoms with Crippen LogP contribution in [0.3, 0.4) is 0 Å². The fourth-order valence-electron chi connectivity index (χ4n) is 3.92. The van der Waals surface area contributed by atoms with Crippen molar-refractivity contribution in [1.82, 2.24) is 13.9 Å². The van der Waals surface area contributed by atoms with E-state index in [0.717, 1.165) is 16.5 Å². The van der Waals surface area contributed by atoms with Crippen LogP contribution >= 0.6 is 22.6 Å². The first-order valence-electron chi connectivity index (χ1n) is 11.0. The fraction of sp³-hybridized carbons (Fsp3) is 0.148. The third kappa shape index (κ3) is 5.36. The summed E-state index contributed by atoms with van der Waals surface area (Å²) in [5.41, 5.74) is 2.71. The molecule has 2 aromatic carbocycles. The molecule has 0 aliphatic rings. The Bertz CT molecular complexity index is 1260. The summed E-state index contributed by atoms with van der Waals surface area (Å²) in [5, 5.41) is 3.02. The van der Waals surface area contributed by atoms with E-state index < -0.39 is 0 Å².